The van der Waals surface area contributed by atoms with Gasteiger partial charge in [0.25, 0.3) is 0 Å². The van der Waals surface area contributed by atoms with Crippen LogP contribution in [0.15, 0.2) is 35.4 Å². The van der Waals surface area contributed by atoms with Gasteiger partial charge >= 0.3 is 0 Å². The Labute approximate surface area is 62.3 Å². The molecule has 0 radical (unpaired) electrons. The van der Waals surface area contributed by atoms with Crippen molar-refractivity contribution < 1.29 is 0 Å². The number of benzene rings is 1. The highest BCUT2D eigenvalue weighted by atomic mass is 31.0. The van der Waals surface area contributed by atoms with Gasteiger partial charge in [0.15, 0.2) is 0 Å². The molecule has 1 atom stereocenters. The SMILES string of the molecule is P.[N-]=[N+]=Nc1ccccc1. The van der Waals surface area contributed by atoms with E-state index >= 15 is 0 Å². The van der Waals surface area contributed by atoms with Crippen molar-refractivity contribution >= 4 is 15.6 Å². The number of hydrogen-bond donors (Lipinski definition) is 0. The van der Waals surface area contributed by atoms with Crippen LogP contribution in [0.1, 0.15) is 0 Å². The van der Waals surface area contributed by atoms with Crippen LogP contribution in [0.2, 0.25) is 0 Å². The molecule has 0 spiro atoms. The summed E-state index contributed by atoms with van der Waals surface area (Å²) in [6, 6.07) is 9.02. The quantitative estimate of drug-likeness (QED) is 0.258. The molecule has 1 rings (SSSR count). The van der Waals surface area contributed by atoms with Crippen LogP contribution in [0.3, 0.4) is 0 Å². The van der Waals surface area contributed by atoms with Crippen LogP contribution in [-0.2, 0) is 0 Å². The largest absolute Gasteiger partial charge is 0.153 e. The lowest BCUT2D eigenvalue weighted by Crippen LogP contribution is -1.56. The smallest absolute Gasteiger partial charge is 0.0375 e. The van der Waals surface area contributed by atoms with Crippen molar-refractivity contribution in [3.8, 4) is 0 Å². The van der Waals surface area contributed by atoms with Crippen molar-refractivity contribution in [2.75, 3.05) is 0 Å². The lowest BCUT2D eigenvalue weighted by Gasteiger charge is -1.83. The molecule has 52 valence electrons. The van der Waals surface area contributed by atoms with Gasteiger partial charge in [-0.25, -0.2) is 0 Å². The summed E-state index contributed by atoms with van der Waals surface area (Å²) in [5, 5.41) is 3.39. The monoisotopic (exact) mass is 153 g/mol. The topological polar surface area (TPSA) is 48.8 Å². The Morgan fingerprint density at radius 1 is 1.20 bits per heavy atom. The van der Waals surface area contributed by atoms with E-state index in [9.17, 15) is 0 Å². The Morgan fingerprint density at radius 2 is 1.80 bits per heavy atom. The molecule has 0 aliphatic carbocycles. The van der Waals surface area contributed by atoms with Crippen molar-refractivity contribution in [2.24, 2.45) is 5.11 Å². The fraction of sp³-hybridized carbons (Fsp3) is 0. The fourth-order valence-electron chi connectivity index (χ4n) is 0.546. The average Bonchev–Trinajstić information content (AvgIpc) is 1.91. The molecule has 0 heterocycles. The maximum atomic E-state index is 7.98. The first-order valence-corrected chi connectivity index (χ1v) is 2.53. The molecule has 0 aromatic heterocycles. The summed E-state index contributed by atoms with van der Waals surface area (Å²) in [4.78, 5) is 2.63. The third kappa shape index (κ3) is 2.49. The fourth-order valence-corrected chi connectivity index (χ4v) is 0.546. The van der Waals surface area contributed by atoms with Gasteiger partial charge in [-0.15, -0.1) is 0 Å². The average molecular weight is 153 g/mol. The normalized spacial score (nSPS) is 7.20. The van der Waals surface area contributed by atoms with E-state index < -0.39 is 0 Å². The summed E-state index contributed by atoms with van der Waals surface area (Å²) < 4.78 is 0. The molecule has 4 heteroatoms. The summed E-state index contributed by atoms with van der Waals surface area (Å²) in [5.41, 5.74) is 8.63. The predicted octanol–water partition coefficient (Wildman–Crippen LogP) is 2.69. The number of nitrogens with zero attached hydrogens (tertiary/aromatic N) is 3. The van der Waals surface area contributed by atoms with E-state index in [0.29, 0.717) is 5.69 Å². The maximum absolute atomic E-state index is 7.98. The van der Waals surface area contributed by atoms with Gasteiger partial charge in [0, 0.05) is 10.6 Å². The van der Waals surface area contributed by atoms with E-state index in [-0.39, 0.29) is 9.90 Å². The van der Waals surface area contributed by atoms with Gasteiger partial charge in [-0.2, -0.15) is 9.90 Å². The highest BCUT2D eigenvalue weighted by Gasteiger charge is 1.78. The molecule has 0 bridgehead atoms. The van der Waals surface area contributed by atoms with Crippen LogP contribution < -0.4 is 0 Å². The summed E-state index contributed by atoms with van der Waals surface area (Å²) in [6.45, 7) is 0. The first-order valence-electron chi connectivity index (χ1n) is 2.53. The summed E-state index contributed by atoms with van der Waals surface area (Å²) >= 11 is 0. The molecule has 0 aliphatic heterocycles. The van der Waals surface area contributed by atoms with Gasteiger partial charge in [-0.3, -0.25) is 0 Å². The van der Waals surface area contributed by atoms with Crippen LogP contribution in [0, 0.1) is 0 Å². The molecule has 0 saturated heterocycles. The number of rotatable bonds is 1. The number of hydrogen-bond acceptors (Lipinski definition) is 1. The van der Waals surface area contributed by atoms with Crippen molar-refractivity contribution in [2.45, 2.75) is 0 Å². The maximum Gasteiger partial charge on any atom is 0.0375 e. The van der Waals surface area contributed by atoms with Gasteiger partial charge in [0.2, 0.25) is 0 Å². The van der Waals surface area contributed by atoms with E-state index in [4.69, 9.17) is 5.53 Å². The van der Waals surface area contributed by atoms with E-state index in [1.54, 1.807) is 12.1 Å². The highest BCUT2D eigenvalue weighted by Crippen LogP contribution is 2.08. The van der Waals surface area contributed by atoms with Crippen LogP contribution in [0.5, 0.6) is 0 Å². The molecule has 1 aromatic rings. The summed E-state index contributed by atoms with van der Waals surface area (Å²) in [6.07, 6.45) is 0. The van der Waals surface area contributed by atoms with Crippen molar-refractivity contribution in [1.82, 2.24) is 0 Å². The third-order valence-electron chi connectivity index (χ3n) is 0.916. The Balaban J connectivity index is 0.000000810. The van der Waals surface area contributed by atoms with E-state index in [2.05, 4.69) is 10.0 Å². The zero-order valence-corrected chi connectivity index (χ0v) is 6.85. The molecule has 0 fully saturated rings. The van der Waals surface area contributed by atoms with Crippen LogP contribution in [0.4, 0.5) is 5.69 Å². The summed E-state index contributed by atoms with van der Waals surface area (Å²) in [5.74, 6) is 0. The lowest BCUT2D eigenvalue weighted by molar-refractivity contribution is 1.48. The second-order valence-corrected chi connectivity index (χ2v) is 1.52. The molecule has 1 unspecified atom stereocenters. The van der Waals surface area contributed by atoms with Crippen molar-refractivity contribution in [3.63, 3.8) is 0 Å². The van der Waals surface area contributed by atoms with Crippen molar-refractivity contribution in [1.29, 1.82) is 0 Å². The van der Waals surface area contributed by atoms with Gasteiger partial charge in [0.05, 0.1) is 0 Å². The van der Waals surface area contributed by atoms with E-state index in [0.717, 1.165) is 0 Å². The Bertz CT molecular complexity index is 228. The molecule has 0 aliphatic rings. The molecule has 0 saturated carbocycles. The van der Waals surface area contributed by atoms with Crippen molar-refractivity contribution in [3.05, 3.63) is 40.8 Å². The van der Waals surface area contributed by atoms with Crippen LogP contribution in [-0.4, -0.2) is 0 Å². The second kappa shape index (κ2) is 4.80. The van der Waals surface area contributed by atoms with Crippen LogP contribution >= 0.6 is 9.90 Å². The minimum Gasteiger partial charge on any atom is -0.153 e. The van der Waals surface area contributed by atoms with E-state index in [1.807, 2.05) is 18.2 Å². The van der Waals surface area contributed by atoms with Crippen LogP contribution in [0.25, 0.3) is 10.4 Å². The Kier molecular flexibility index (Phi) is 4.30. The number of azide groups is 1. The minimum atomic E-state index is 0. The van der Waals surface area contributed by atoms with Gasteiger partial charge in [0.1, 0.15) is 0 Å². The molecule has 10 heavy (non-hydrogen) atoms. The Hall–Kier alpha value is -1.04. The molecule has 0 N–H and O–H groups in total. The minimum absolute atomic E-state index is 0. The highest BCUT2D eigenvalue weighted by molar-refractivity contribution is 6.92. The van der Waals surface area contributed by atoms with E-state index in [1.165, 1.54) is 0 Å². The van der Waals surface area contributed by atoms with Gasteiger partial charge in [-0.05, 0) is 5.53 Å². The standard InChI is InChI=1S/C6H5N3.H3P/c7-9-8-6-4-2-1-3-5-6;/h1-5H;1H3. The first kappa shape index (κ1) is 8.96. The Morgan fingerprint density at radius 3 is 2.30 bits per heavy atom. The first-order chi connectivity index (χ1) is 4.43. The molecule has 3 nitrogen and oxygen atoms in total. The van der Waals surface area contributed by atoms with Gasteiger partial charge < -0.3 is 0 Å². The predicted molar refractivity (Wildman–Crippen MR) is 46.4 cm³/mol. The zero-order chi connectivity index (χ0) is 6.53. The summed E-state index contributed by atoms with van der Waals surface area (Å²) in [7, 11) is 0. The molecular weight excluding hydrogens is 145 g/mol. The molecule has 0 amide bonds. The molecular formula is C6H8N3P. The lowest BCUT2D eigenvalue weighted by atomic mass is 10.3. The molecule has 1 aromatic carbocycles. The third-order valence-corrected chi connectivity index (χ3v) is 0.916. The second-order valence-electron chi connectivity index (χ2n) is 1.52. The van der Waals surface area contributed by atoms with Gasteiger partial charge in [-0.1, -0.05) is 35.4 Å². The zero-order valence-electron chi connectivity index (χ0n) is 5.44.